The number of nitrogens with zero attached hydrogens (tertiary/aromatic N) is 5. The average Bonchev–Trinajstić information content (AvgIpc) is 3.19. The van der Waals surface area contributed by atoms with Crippen molar-refractivity contribution in [3.63, 3.8) is 0 Å². The van der Waals surface area contributed by atoms with Gasteiger partial charge < -0.3 is 15.0 Å². The largest absolute Gasteiger partial charge is 0.442 e. The molecular weight excluding hydrogens is 427 g/mol. The second-order valence-electron chi connectivity index (χ2n) is 7.75. The van der Waals surface area contributed by atoms with E-state index < -0.39 is 18.0 Å². The number of anilines is 2. The molecule has 2 aromatic rings. The van der Waals surface area contributed by atoms with Crippen LogP contribution in [0.15, 0.2) is 54.3 Å². The van der Waals surface area contributed by atoms with Gasteiger partial charge in [-0.1, -0.05) is 6.08 Å². The lowest BCUT2D eigenvalue weighted by molar-refractivity contribution is -0.119. The molecule has 33 heavy (non-hydrogen) atoms. The number of hydrazone groups is 1. The van der Waals surface area contributed by atoms with Crippen molar-refractivity contribution in [3.05, 3.63) is 55.0 Å². The minimum Gasteiger partial charge on any atom is -0.442 e. The van der Waals surface area contributed by atoms with Crippen LogP contribution in [0.4, 0.5) is 20.7 Å². The lowest BCUT2D eigenvalue weighted by atomic mass is 10.1. The number of carbonyl (C=O) groups excluding carboxylic acids is 2. The third-order valence-electron chi connectivity index (χ3n) is 5.36. The summed E-state index contributed by atoms with van der Waals surface area (Å²) in [6, 6.07) is 8.21. The summed E-state index contributed by atoms with van der Waals surface area (Å²) in [5.74, 6) is 0.0457. The van der Waals surface area contributed by atoms with E-state index in [1.165, 1.54) is 17.9 Å². The highest BCUT2D eigenvalue weighted by atomic mass is 19.1. The van der Waals surface area contributed by atoms with Crippen LogP contribution >= 0.6 is 0 Å². The number of cyclic esters (lactones) is 1. The van der Waals surface area contributed by atoms with E-state index in [0.717, 1.165) is 18.9 Å². The third-order valence-corrected chi connectivity index (χ3v) is 5.36. The predicted octanol–water partition coefficient (Wildman–Crippen LogP) is 2.60. The first kappa shape index (κ1) is 22.3. The van der Waals surface area contributed by atoms with Gasteiger partial charge in [0.2, 0.25) is 5.91 Å². The Morgan fingerprint density at radius 3 is 2.82 bits per heavy atom. The molecule has 172 valence electrons. The lowest BCUT2D eigenvalue weighted by Crippen LogP contribution is -2.38. The smallest absolute Gasteiger partial charge is 0.414 e. The number of hydrogen-bond acceptors (Lipinski definition) is 7. The highest BCUT2D eigenvalue weighted by Gasteiger charge is 2.32. The molecule has 0 saturated carbocycles. The molecule has 0 spiro atoms. The Hall–Kier alpha value is -3.95. The Morgan fingerprint density at radius 2 is 2.18 bits per heavy atom. The number of benzene rings is 1. The van der Waals surface area contributed by atoms with E-state index in [4.69, 9.17) is 4.74 Å². The van der Waals surface area contributed by atoms with Gasteiger partial charge in [0.15, 0.2) is 0 Å². The summed E-state index contributed by atoms with van der Waals surface area (Å²) >= 11 is 0. The van der Waals surface area contributed by atoms with Gasteiger partial charge in [-0.15, -0.1) is 6.58 Å². The topological polar surface area (TPSA) is 90.4 Å². The minimum atomic E-state index is -0.571. The Labute approximate surface area is 191 Å². The van der Waals surface area contributed by atoms with Gasteiger partial charge >= 0.3 is 6.09 Å². The number of nitrogens with one attached hydrogen (secondary N) is 1. The molecule has 3 heterocycles. The highest BCUT2D eigenvalue weighted by Crippen LogP contribution is 2.29. The van der Waals surface area contributed by atoms with Crippen molar-refractivity contribution in [2.24, 2.45) is 5.10 Å². The molecule has 1 N–H and O–H groups in total. The van der Waals surface area contributed by atoms with Gasteiger partial charge in [-0.3, -0.25) is 14.7 Å². The molecule has 1 unspecified atom stereocenters. The monoisotopic (exact) mass is 452 g/mol. The maximum absolute atomic E-state index is 14.9. The van der Waals surface area contributed by atoms with E-state index in [1.807, 2.05) is 16.0 Å². The molecule has 1 aromatic heterocycles. The van der Waals surface area contributed by atoms with Crippen molar-refractivity contribution in [2.45, 2.75) is 13.0 Å². The second kappa shape index (κ2) is 9.68. The van der Waals surface area contributed by atoms with E-state index >= 15 is 0 Å². The Morgan fingerprint density at radius 1 is 1.33 bits per heavy atom. The summed E-state index contributed by atoms with van der Waals surface area (Å²) in [5, 5.41) is 8.88. The summed E-state index contributed by atoms with van der Waals surface area (Å²) in [5.41, 5.74) is 1.40. The number of amides is 2. The van der Waals surface area contributed by atoms with E-state index in [0.29, 0.717) is 23.4 Å². The summed E-state index contributed by atoms with van der Waals surface area (Å²) in [6.45, 7) is 7.74. The maximum Gasteiger partial charge on any atom is 0.414 e. The zero-order valence-corrected chi connectivity index (χ0v) is 18.3. The molecule has 1 atom stereocenters. The Kier molecular flexibility index (Phi) is 6.53. The van der Waals surface area contributed by atoms with E-state index in [9.17, 15) is 14.0 Å². The van der Waals surface area contributed by atoms with Gasteiger partial charge in [0.1, 0.15) is 24.1 Å². The molecule has 0 aliphatic carbocycles. The van der Waals surface area contributed by atoms with Gasteiger partial charge in [-0.05, 0) is 30.3 Å². The summed E-state index contributed by atoms with van der Waals surface area (Å²) in [7, 11) is 0. The zero-order valence-electron chi connectivity index (χ0n) is 18.3. The molecule has 1 aromatic carbocycles. The molecule has 0 radical (unpaired) electrons. The molecule has 10 heteroatoms. The number of halogens is 1. The number of rotatable bonds is 7. The molecule has 2 amide bonds. The van der Waals surface area contributed by atoms with Crippen molar-refractivity contribution in [3.8, 4) is 11.1 Å². The van der Waals surface area contributed by atoms with Gasteiger partial charge in [0, 0.05) is 30.8 Å². The molecular formula is C23H25FN6O3. The number of hydrogen-bond donors (Lipinski definition) is 1. The van der Waals surface area contributed by atoms with E-state index in [1.54, 1.807) is 36.8 Å². The van der Waals surface area contributed by atoms with E-state index in [2.05, 4.69) is 22.0 Å². The van der Waals surface area contributed by atoms with Gasteiger partial charge in [0.05, 0.1) is 31.9 Å². The fourth-order valence-corrected chi connectivity index (χ4v) is 3.65. The van der Waals surface area contributed by atoms with Crippen molar-refractivity contribution in [1.29, 1.82) is 0 Å². The first-order chi connectivity index (χ1) is 15.9. The number of aromatic nitrogens is 1. The summed E-state index contributed by atoms with van der Waals surface area (Å²) in [4.78, 5) is 31.0. The molecule has 1 saturated heterocycles. The minimum absolute atomic E-state index is 0.207. The Balaban J connectivity index is 1.44. The standard InChI is InChI=1S/C23H25FN6O3/c1-3-8-29-10-9-28(15-27-29)22-7-4-17(12-26-22)20-6-5-18(11-21(20)24)30-14-19(33-23(30)32)13-25-16(2)31/h3-7,11-12,15,19H,1,8-10,13-14H2,2H3,(H,25,31). The van der Waals surface area contributed by atoms with Crippen LogP contribution in [0.5, 0.6) is 0 Å². The van der Waals surface area contributed by atoms with Crippen LogP contribution in [0.1, 0.15) is 6.92 Å². The van der Waals surface area contributed by atoms with Crippen molar-refractivity contribution < 1.29 is 18.7 Å². The van der Waals surface area contributed by atoms with Gasteiger partial charge in [-0.25, -0.2) is 14.2 Å². The van der Waals surface area contributed by atoms with Crippen molar-refractivity contribution in [2.75, 3.05) is 42.5 Å². The van der Waals surface area contributed by atoms with Crippen molar-refractivity contribution in [1.82, 2.24) is 15.3 Å². The number of carbonyl (C=O) groups is 2. The van der Waals surface area contributed by atoms with Crippen molar-refractivity contribution >= 4 is 29.8 Å². The van der Waals surface area contributed by atoms with E-state index in [-0.39, 0.29) is 19.0 Å². The first-order valence-electron chi connectivity index (χ1n) is 10.6. The van der Waals surface area contributed by atoms with Crippen LogP contribution in [-0.4, -0.2) is 67.2 Å². The maximum atomic E-state index is 14.9. The molecule has 0 bridgehead atoms. The molecule has 2 aliphatic rings. The first-order valence-corrected chi connectivity index (χ1v) is 10.6. The SMILES string of the molecule is C=CCN1CCN(c2ccc(-c3ccc(N4CC(CNC(C)=O)OC4=O)cc3F)cn2)C=N1. The molecule has 4 rings (SSSR count). The van der Waals surface area contributed by atoms with Crippen LogP contribution < -0.4 is 15.1 Å². The predicted molar refractivity (Wildman–Crippen MR) is 124 cm³/mol. The fourth-order valence-electron chi connectivity index (χ4n) is 3.65. The molecule has 2 aliphatic heterocycles. The van der Waals surface area contributed by atoms with Crippen LogP contribution in [0.25, 0.3) is 11.1 Å². The summed E-state index contributed by atoms with van der Waals surface area (Å²) in [6.07, 6.45) is 4.08. The number of pyridine rings is 1. The molecule has 1 fully saturated rings. The zero-order chi connectivity index (χ0) is 23.4. The number of ether oxygens (including phenoxy) is 1. The van der Waals surface area contributed by atoms with Crippen LogP contribution in [0.2, 0.25) is 0 Å². The average molecular weight is 452 g/mol. The summed E-state index contributed by atoms with van der Waals surface area (Å²) < 4.78 is 20.2. The normalized spacial score (nSPS) is 17.8. The molecule has 9 nitrogen and oxygen atoms in total. The fraction of sp³-hybridized carbons (Fsp3) is 0.304. The second-order valence-corrected chi connectivity index (χ2v) is 7.75. The van der Waals surface area contributed by atoms with Crippen LogP contribution in [0.3, 0.4) is 0 Å². The third kappa shape index (κ3) is 5.11. The van der Waals surface area contributed by atoms with Gasteiger partial charge in [-0.2, -0.15) is 5.10 Å². The van der Waals surface area contributed by atoms with Crippen LogP contribution in [0, 0.1) is 5.82 Å². The lowest BCUT2D eigenvalue weighted by Gasteiger charge is -2.28. The van der Waals surface area contributed by atoms with Crippen LogP contribution in [-0.2, 0) is 9.53 Å². The van der Waals surface area contributed by atoms with Gasteiger partial charge in [0.25, 0.3) is 0 Å². The Bertz CT molecular complexity index is 1070. The quantitative estimate of drug-likeness (QED) is 0.650. The highest BCUT2D eigenvalue weighted by molar-refractivity contribution is 5.90.